The van der Waals surface area contributed by atoms with Crippen LogP contribution >= 0.6 is 0 Å². The smallest absolute Gasteiger partial charge is 0.220 e. The van der Waals surface area contributed by atoms with Crippen LogP contribution in [0.1, 0.15) is 211 Å². The maximum atomic E-state index is 13.2. The molecular formula is C50H91NO9. The SMILES string of the molecule is CCCCCCCCCCCCCCc1cccc(CCCCCC(=O)N[C@@H](CO[C@H]2O[C@H](CO)[C@H](O)[C@H](O)[C@H]2O)[C@H](O)[C@H](O)CCCCCCCCCCCCCC)c1. The van der Waals surface area contributed by atoms with Crippen molar-refractivity contribution in [1.82, 2.24) is 5.32 Å². The zero-order valence-electron chi connectivity index (χ0n) is 38.2. The van der Waals surface area contributed by atoms with Gasteiger partial charge in [-0.1, -0.05) is 192 Å². The Balaban J connectivity index is 1.73. The number of aliphatic hydroxyl groups excluding tert-OH is 6. The third-order valence-corrected chi connectivity index (χ3v) is 12.5. The average Bonchev–Trinajstić information content (AvgIpc) is 3.25. The van der Waals surface area contributed by atoms with E-state index in [0.717, 1.165) is 51.4 Å². The van der Waals surface area contributed by atoms with Crippen LogP contribution in [0.5, 0.6) is 0 Å². The second kappa shape index (κ2) is 35.8. The van der Waals surface area contributed by atoms with Gasteiger partial charge in [-0.15, -0.1) is 0 Å². The first-order valence-electron chi connectivity index (χ1n) is 24.9. The highest BCUT2D eigenvalue weighted by Crippen LogP contribution is 2.23. The predicted octanol–water partition coefficient (Wildman–Crippen LogP) is 9.15. The quantitative estimate of drug-likeness (QED) is 0.0320. The fourth-order valence-electron chi connectivity index (χ4n) is 8.44. The van der Waals surface area contributed by atoms with Crippen molar-refractivity contribution in [2.75, 3.05) is 13.2 Å². The number of unbranched alkanes of at least 4 members (excludes halogenated alkanes) is 24. The number of hydrogen-bond donors (Lipinski definition) is 7. The third kappa shape index (κ3) is 24.9. The Morgan fingerprint density at radius 3 is 1.57 bits per heavy atom. The summed E-state index contributed by atoms with van der Waals surface area (Å²) in [6.07, 6.45) is 25.9. The van der Waals surface area contributed by atoms with Gasteiger partial charge in [0.05, 0.1) is 25.4 Å². The molecule has 10 nitrogen and oxygen atoms in total. The van der Waals surface area contributed by atoms with Gasteiger partial charge in [0, 0.05) is 6.42 Å². The van der Waals surface area contributed by atoms with Crippen LogP contribution < -0.4 is 5.32 Å². The Bertz CT molecular complexity index is 1150. The molecule has 1 amide bonds. The maximum Gasteiger partial charge on any atom is 0.220 e. The summed E-state index contributed by atoms with van der Waals surface area (Å²) >= 11 is 0. The van der Waals surface area contributed by atoms with E-state index >= 15 is 0 Å². The largest absolute Gasteiger partial charge is 0.394 e. The molecule has 0 aromatic heterocycles. The number of nitrogens with one attached hydrogen (secondary N) is 1. The van der Waals surface area contributed by atoms with Crippen molar-refractivity contribution >= 4 is 5.91 Å². The van der Waals surface area contributed by atoms with Crippen molar-refractivity contribution in [3.8, 4) is 0 Å². The van der Waals surface area contributed by atoms with E-state index in [-0.39, 0.29) is 18.9 Å². The minimum atomic E-state index is -1.61. The fraction of sp³-hybridized carbons (Fsp3) is 0.860. The molecule has 10 heteroatoms. The average molecular weight is 850 g/mol. The number of carbonyl (C=O) groups excluding carboxylic acids is 1. The molecule has 0 unspecified atom stereocenters. The van der Waals surface area contributed by atoms with E-state index in [0.29, 0.717) is 12.8 Å². The molecule has 1 fully saturated rings. The molecule has 60 heavy (non-hydrogen) atoms. The summed E-state index contributed by atoms with van der Waals surface area (Å²) in [7, 11) is 0. The Morgan fingerprint density at radius 2 is 1.08 bits per heavy atom. The Kier molecular flexibility index (Phi) is 32.5. The number of aliphatic hydroxyl groups is 6. The molecule has 1 saturated heterocycles. The highest BCUT2D eigenvalue weighted by molar-refractivity contribution is 5.76. The van der Waals surface area contributed by atoms with Crippen molar-refractivity contribution in [2.24, 2.45) is 0 Å². The zero-order valence-corrected chi connectivity index (χ0v) is 38.2. The number of benzene rings is 1. The zero-order chi connectivity index (χ0) is 43.6. The van der Waals surface area contributed by atoms with Crippen molar-refractivity contribution in [3.63, 3.8) is 0 Å². The number of ether oxygens (including phenoxy) is 2. The highest BCUT2D eigenvalue weighted by Gasteiger charge is 2.44. The lowest BCUT2D eigenvalue weighted by Crippen LogP contribution is -2.60. The molecule has 0 radical (unpaired) electrons. The molecule has 350 valence electrons. The van der Waals surface area contributed by atoms with Gasteiger partial charge >= 0.3 is 0 Å². The molecule has 1 aromatic rings. The Labute approximate surface area is 365 Å². The second-order valence-corrected chi connectivity index (χ2v) is 18.0. The van der Waals surface area contributed by atoms with Gasteiger partial charge < -0.3 is 45.4 Å². The number of rotatable bonds is 39. The minimum Gasteiger partial charge on any atom is -0.394 e. The van der Waals surface area contributed by atoms with E-state index < -0.39 is 55.6 Å². The molecule has 8 atom stereocenters. The molecule has 2 rings (SSSR count). The van der Waals surface area contributed by atoms with Gasteiger partial charge in [0.25, 0.3) is 0 Å². The van der Waals surface area contributed by atoms with Crippen molar-refractivity contribution < 1.29 is 44.9 Å². The Hall–Kier alpha value is -1.63. The van der Waals surface area contributed by atoms with Crippen LogP contribution in [0.25, 0.3) is 0 Å². The lowest BCUT2D eigenvalue weighted by Gasteiger charge is -2.40. The molecule has 1 aromatic carbocycles. The molecule has 0 spiro atoms. The maximum absolute atomic E-state index is 13.2. The first-order valence-corrected chi connectivity index (χ1v) is 24.9. The summed E-state index contributed by atoms with van der Waals surface area (Å²) in [5.74, 6) is -0.279. The van der Waals surface area contributed by atoms with E-state index in [4.69, 9.17) is 9.47 Å². The van der Waals surface area contributed by atoms with Crippen molar-refractivity contribution in [1.29, 1.82) is 0 Å². The van der Waals surface area contributed by atoms with Gasteiger partial charge in [0.1, 0.15) is 30.5 Å². The third-order valence-electron chi connectivity index (χ3n) is 12.5. The van der Waals surface area contributed by atoms with Gasteiger partial charge in [-0.25, -0.2) is 0 Å². The van der Waals surface area contributed by atoms with Crippen LogP contribution in [0.15, 0.2) is 24.3 Å². The lowest BCUT2D eigenvalue weighted by molar-refractivity contribution is -0.303. The number of hydrogen-bond acceptors (Lipinski definition) is 9. The van der Waals surface area contributed by atoms with Gasteiger partial charge in [0.15, 0.2) is 6.29 Å². The van der Waals surface area contributed by atoms with Gasteiger partial charge in [-0.05, 0) is 49.7 Å². The first-order chi connectivity index (χ1) is 29.2. The summed E-state index contributed by atoms with van der Waals surface area (Å²) in [6, 6.07) is 7.89. The van der Waals surface area contributed by atoms with Crippen LogP contribution in [0, 0.1) is 0 Å². The van der Waals surface area contributed by atoms with Crippen LogP contribution in [0.3, 0.4) is 0 Å². The predicted molar refractivity (Wildman–Crippen MR) is 243 cm³/mol. The summed E-state index contributed by atoms with van der Waals surface area (Å²) < 4.78 is 11.2. The van der Waals surface area contributed by atoms with Crippen molar-refractivity contribution in [2.45, 2.75) is 262 Å². The monoisotopic (exact) mass is 850 g/mol. The molecule has 1 heterocycles. The normalized spacial score (nSPS) is 20.9. The van der Waals surface area contributed by atoms with E-state index in [1.54, 1.807) is 0 Å². The Morgan fingerprint density at radius 1 is 0.633 bits per heavy atom. The standard InChI is InChI=1S/C50H91NO9/c1-3-5-7-9-11-13-15-17-19-21-23-26-31-40-33-30-34-41(37-40)32-27-25-29-36-45(54)51-42(39-59-50-49(58)48(57)47(56)44(38-52)60-50)46(55)43(53)35-28-24-22-20-18-16-14-12-10-8-6-4-2/h30,33-34,37,42-44,46-50,52-53,55-58H,3-29,31-32,35-36,38-39H2,1-2H3,(H,51,54)/t42-,43+,44+,46-,47-,48-,49+,50-/m0/s1. The second-order valence-electron chi connectivity index (χ2n) is 18.0. The highest BCUT2D eigenvalue weighted by atomic mass is 16.7. The van der Waals surface area contributed by atoms with E-state index in [2.05, 4.69) is 43.4 Å². The minimum absolute atomic E-state index is 0.247. The first kappa shape index (κ1) is 54.5. The van der Waals surface area contributed by atoms with Gasteiger partial charge in [0.2, 0.25) is 5.91 Å². The van der Waals surface area contributed by atoms with Crippen molar-refractivity contribution in [3.05, 3.63) is 35.4 Å². The molecule has 0 bridgehead atoms. The molecule has 7 N–H and O–H groups in total. The van der Waals surface area contributed by atoms with Gasteiger partial charge in [-0.3, -0.25) is 4.79 Å². The van der Waals surface area contributed by atoms with E-state index in [9.17, 15) is 35.4 Å². The van der Waals surface area contributed by atoms with E-state index in [1.165, 1.54) is 140 Å². The number of amides is 1. The van der Waals surface area contributed by atoms with Crippen LogP contribution in [-0.4, -0.2) is 98.7 Å². The van der Waals surface area contributed by atoms with Crippen LogP contribution in [0.4, 0.5) is 0 Å². The fourth-order valence-corrected chi connectivity index (χ4v) is 8.44. The summed E-state index contributed by atoms with van der Waals surface area (Å²) in [6.45, 7) is 3.59. The van der Waals surface area contributed by atoms with Crippen LogP contribution in [-0.2, 0) is 27.1 Å². The molecule has 0 saturated carbocycles. The molecule has 0 aliphatic carbocycles. The van der Waals surface area contributed by atoms with Crippen LogP contribution in [0.2, 0.25) is 0 Å². The van der Waals surface area contributed by atoms with E-state index in [1.807, 2.05) is 0 Å². The summed E-state index contributed by atoms with van der Waals surface area (Å²) in [5.41, 5.74) is 2.72. The topological polar surface area (TPSA) is 169 Å². The number of aryl methyl sites for hydroxylation is 2. The summed E-state index contributed by atoms with van der Waals surface area (Å²) in [5, 5.41) is 65.5. The summed E-state index contributed by atoms with van der Waals surface area (Å²) in [4.78, 5) is 13.2. The molecule has 1 aliphatic rings. The molecule has 1 aliphatic heterocycles. The molecular weight excluding hydrogens is 759 g/mol. The number of carbonyl (C=O) groups is 1. The van der Waals surface area contributed by atoms with Gasteiger partial charge in [-0.2, -0.15) is 0 Å². The lowest BCUT2D eigenvalue weighted by atomic mass is 9.98.